The Morgan fingerprint density at radius 2 is 1.69 bits per heavy atom. The molecule has 0 aliphatic rings. The van der Waals surface area contributed by atoms with Crippen LogP contribution < -0.4 is 10.7 Å². The van der Waals surface area contributed by atoms with Crippen molar-refractivity contribution in [2.75, 3.05) is 5.32 Å². The summed E-state index contributed by atoms with van der Waals surface area (Å²) in [6.45, 7) is 3.84. The van der Waals surface area contributed by atoms with Crippen LogP contribution in [0.4, 0.5) is 10.1 Å². The van der Waals surface area contributed by atoms with E-state index in [1.54, 1.807) is 36.4 Å². The lowest BCUT2D eigenvalue weighted by molar-refractivity contribution is 0.102. The van der Waals surface area contributed by atoms with Gasteiger partial charge in [-0.25, -0.2) is 4.39 Å². The summed E-state index contributed by atoms with van der Waals surface area (Å²) in [5.41, 5.74) is 3.49. The first-order valence-electron chi connectivity index (χ1n) is 9.14. The van der Waals surface area contributed by atoms with Crippen LogP contribution in [0.15, 0.2) is 75.9 Å². The molecule has 0 radical (unpaired) electrons. The van der Waals surface area contributed by atoms with E-state index < -0.39 is 11.7 Å². The smallest absolute Gasteiger partial charge is 0.255 e. The molecular weight excluding hydrogens is 369 g/mol. The van der Waals surface area contributed by atoms with Crippen LogP contribution in [0, 0.1) is 19.7 Å². The van der Waals surface area contributed by atoms with Crippen LogP contribution in [0.1, 0.15) is 21.5 Å². The molecule has 4 aromatic rings. The summed E-state index contributed by atoms with van der Waals surface area (Å²) in [6, 6.07) is 17.8. The van der Waals surface area contributed by atoms with Crippen LogP contribution in [0.25, 0.3) is 22.3 Å². The zero-order valence-corrected chi connectivity index (χ0v) is 16.0. The molecule has 5 heteroatoms. The molecule has 0 aliphatic heterocycles. The van der Waals surface area contributed by atoms with Crippen LogP contribution in [0.3, 0.4) is 0 Å². The van der Waals surface area contributed by atoms with E-state index in [1.807, 2.05) is 26.0 Å². The molecule has 4 rings (SSSR count). The average Bonchev–Trinajstić information content (AvgIpc) is 2.70. The van der Waals surface area contributed by atoms with Crippen LogP contribution in [-0.4, -0.2) is 5.91 Å². The van der Waals surface area contributed by atoms with Gasteiger partial charge in [-0.1, -0.05) is 30.3 Å². The fourth-order valence-electron chi connectivity index (χ4n) is 3.29. The first kappa shape index (κ1) is 18.6. The second kappa shape index (κ2) is 7.36. The van der Waals surface area contributed by atoms with E-state index in [0.717, 1.165) is 11.1 Å². The number of hydrogen-bond donors (Lipinski definition) is 1. The number of para-hydroxylation sites is 1. The van der Waals surface area contributed by atoms with Gasteiger partial charge in [0.25, 0.3) is 5.91 Å². The van der Waals surface area contributed by atoms with Gasteiger partial charge in [0, 0.05) is 17.2 Å². The van der Waals surface area contributed by atoms with Gasteiger partial charge in [0.15, 0.2) is 5.43 Å². The summed E-state index contributed by atoms with van der Waals surface area (Å²) in [5, 5.41) is 3.09. The maximum Gasteiger partial charge on any atom is 0.255 e. The first-order valence-corrected chi connectivity index (χ1v) is 9.14. The zero-order chi connectivity index (χ0) is 20.5. The quantitative estimate of drug-likeness (QED) is 0.507. The topological polar surface area (TPSA) is 59.3 Å². The standard InChI is InChI=1S/C24H18FNO3/c1-14-11-15(2)23-18(12-14)21(27)13-22(29-23)16-7-9-17(10-8-16)24(28)26-20-6-4-3-5-19(20)25/h3-13H,1-2H3,(H,26,28). The van der Waals surface area contributed by atoms with Gasteiger partial charge < -0.3 is 9.73 Å². The fourth-order valence-corrected chi connectivity index (χ4v) is 3.29. The van der Waals surface area contributed by atoms with E-state index in [0.29, 0.717) is 27.9 Å². The second-order valence-electron chi connectivity index (χ2n) is 6.94. The number of nitrogens with one attached hydrogen (secondary N) is 1. The zero-order valence-electron chi connectivity index (χ0n) is 16.0. The van der Waals surface area contributed by atoms with E-state index in [1.165, 1.54) is 18.2 Å². The van der Waals surface area contributed by atoms with Crippen molar-refractivity contribution in [3.63, 3.8) is 0 Å². The average molecular weight is 387 g/mol. The monoisotopic (exact) mass is 387 g/mol. The number of benzene rings is 3. The van der Waals surface area contributed by atoms with Gasteiger partial charge in [-0.05, 0) is 55.3 Å². The van der Waals surface area contributed by atoms with Crippen molar-refractivity contribution in [1.29, 1.82) is 0 Å². The number of anilines is 1. The number of amides is 1. The minimum Gasteiger partial charge on any atom is -0.456 e. The van der Waals surface area contributed by atoms with E-state index >= 15 is 0 Å². The fraction of sp³-hybridized carbons (Fsp3) is 0.0833. The van der Waals surface area contributed by atoms with Crippen molar-refractivity contribution in [3.05, 3.63) is 99.5 Å². The lowest BCUT2D eigenvalue weighted by atomic mass is 10.1. The first-order chi connectivity index (χ1) is 13.9. The van der Waals surface area contributed by atoms with Gasteiger partial charge in [0.1, 0.15) is 17.2 Å². The summed E-state index contributed by atoms with van der Waals surface area (Å²) in [4.78, 5) is 24.9. The number of rotatable bonds is 3. The molecule has 0 saturated carbocycles. The lowest BCUT2D eigenvalue weighted by Gasteiger charge is -2.08. The van der Waals surface area contributed by atoms with E-state index in [2.05, 4.69) is 5.32 Å². The summed E-state index contributed by atoms with van der Waals surface area (Å²) in [5.74, 6) is -0.496. The summed E-state index contributed by atoms with van der Waals surface area (Å²) in [7, 11) is 0. The van der Waals surface area contributed by atoms with E-state index in [-0.39, 0.29) is 11.1 Å². The molecule has 0 saturated heterocycles. The highest BCUT2D eigenvalue weighted by molar-refractivity contribution is 6.04. The molecule has 1 N–H and O–H groups in total. The molecule has 0 aliphatic carbocycles. The third-order valence-electron chi connectivity index (χ3n) is 4.71. The molecule has 0 fully saturated rings. The normalized spacial score (nSPS) is 10.9. The van der Waals surface area contributed by atoms with Gasteiger partial charge in [-0.15, -0.1) is 0 Å². The number of halogens is 1. The minimum absolute atomic E-state index is 0.116. The molecule has 1 amide bonds. The van der Waals surface area contributed by atoms with Gasteiger partial charge in [-0.2, -0.15) is 0 Å². The van der Waals surface area contributed by atoms with Crippen LogP contribution in [0.2, 0.25) is 0 Å². The van der Waals surface area contributed by atoms with Crippen LogP contribution in [-0.2, 0) is 0 Å². The Bertz CT molecular complexity index is 1290. The van der Waals surface area contributed by atoms with Gasteiger partial charge in [0.2, 0.25) is 0 Å². The summed E-state index contributed by atoms with van der Waals surface area (Å²) >= 11 is 0. The lowest BCUT2D eigenvalue weighted by Crippen LogP contribution is -2.12. The molecule has 0 spiro atoms. The molecule has 0 bridgehead atoms. The van der Waals surface area contributed by atoms with Gasteiger partial charge in [-0.3, -0.25) is 9.59 Å². The predicted octanol–water partition coefficient (Wildman–Crippen LogP) is 5.47. The summed E-state index contributed by atoms with van der Waals surface area (Å²) in [6.07, 6.45) is 0. The van der Waals surface area contributed by atoms with Crippen molar-refractivity contribution >= 4 is 22.6 Å². The molecule has 29 heavy (non-hydrogen) atoms. The van der Waals surface area contributed by atoms with Crippen LogP contribution in [0.5, 0.6) is 0 Å². The van der Waals surface area contributed by atoms with Crippen molar-refractivity contribution < 1.29 is 13.6 Å². The molecule has 1 aromatic heterocycles. The Morgan fingerprint density at radius 1 is 0.966 bits per heavy atom. The van der Waals surface area contributed by atoms with Gasteiger partial charge >= 0.3 is 0 Å². The van der Waals surface area contributed by atoms with Crippen LogP contribution >= 0.6 is 0 Å². The Morgan fingerprint density at radius 3 is 2.41 bits per heavy atom. The molecule has 1 heterocycles. The maximum atomic E-state index is 13.7. The van der Waals surface area contributed by atoms with Gasteiger partial charge in [0.05, 0.1) is 11.1 Å². The Hall–Kier alpha value is -3.73. The Balaban J connectivity index is 1.65. The third kappa shape index (κ3) is 3.67. The van der Waals surface area contributed by atoms with Crippen molar-refractivity contribution in [1.82, 2.24) is 0 Å². The highest BCUT2D eigenvalue weighted by Crippen LogP contribution is 2.25. The third-order valence-corrected chi connectivity index (χ3v) is 4.71. The number of carbonyl (C=O) groups is 1. The van der Waals surface area contributed by atoms with Crippen molar-refractivity contribution in [3.8, 4) is 11.3 Å². The number of carbonyl (C=O) groups excluding carboxylic acids is 1. The van der Waals surface area contributed by atoms with E-state index in [4.69, 9.17) is 4.42 Å². The predicted molar refractivity (Wildman–Crippen MR) is 112 cm³/mol. The highest BCUT2D eigenvalue weighted by atomic mass is 19.1. The largest absolute Gasteiger partial charge is 0.456 e. The molecule has 3 aromatic carbocycles. The number of hydrogen-bond acceptors (Lipinski definition) is 3. The maximum absolute atomic E-state index is 13.7. The van der Waals surface area contributed by atoms with Crippen molar-refractivity contribution in [2.45, 2.75) is 13.8 Å². The van der Waals surface area contributed by atoms with E-state index in [9.17, 15) is 14.0 Å². The highest BCUT2D eigenvalue weighted by Gasteiger charge is 2.12. The SMILES string of the molecule is Cc1cc(C)c2oc(-c3ccc(C(=O)Nc4ccccc4F)cc3)cc(=O)c2c1. The number of fused-ring (bicyclic) bond motifs is 1. The number of aryl methyl sites for hydroxylation is 2. The van der Waals surface area contributed by atoms with Crippen molar-refractivity contribution in [2.24, 2.45) is 0 Å². The molecule has 144 valence electrons. The minimum atomic E-state index is -0.499. The second-order valence-corrected chi connectivity index (χ2v) is 6.94. The Kier molecular flexibility index (Phi) is 4.72. The summed E-state index contributed by atoms with van der Waals surface area (Å²) < 4.78 is 19.7. The molecular formula is C24H18FNO3. The molecule has 4 nitrogen and oxygen atoms in total. The molecule has 0 atom stereocenters. The molecule has 0 unspecified atom stereocenters. The Labute approximate surface area is 166 Å².